The minimum atomic E-state index is 0.657. The molecule has 1 aliphatic heterocycles. The maximum absolute atomic E-state index is 5.75. The molecule has 1 saturated carbocycles. The monoisotopic (exact) mass is 258 g/mol. The smallest absolute Gasteiger partial charge is 0.138 e. The fraction of sp³-hybridized carbons (Fsp3) is 0.562. The summed E-state index contributed by atoms with van der Waals surface area (Å²) < 4.78 is 5.75. The fourth-order valence-corrected chi connectivity index (χ4v) is 2.39. The molecule has 19 heavy (non-hydrogen) atoms. The molecule has 3 rings (SSSR count). The predicted molar refractivity (Wildman–Crippen MR) is 77.1 cm³/mol. The maximum Gasteiger partial charge on any atom is 0.138 e. The number of piperidine rings is 1. The van der Waals surface area contributed by atoms with E-state index in [0.717, 1.165) is 36.9 Å². The molecule has 1 N–H and O–H groups in total. The first-order chi connectivity index (χ1) is 9.40. The van der Waals surface area contributed by atoms with Gasteiger partial charge in [-0.25, -0.2) is 0 Å². The highest BCUT2D eigenvalue weighted by atomic mass is 16.5. The lowest BCUT2D eigenvalue weighted by Gasteiger charge is -2.19. The standard InChI is InChI=1S/C16H22N2O/c1-2-13(9-17-7-1)3-6-15-8-16(11-18-10-15)19-12-14-4-5-14/h3,6,8,10-11,13-14,17H,1-2,4-5,7,9,12H2/b6-3+. The third kappa shape index (κ3) is 4.06. The van der Waals surface area contributed by atoms with Crippen molar-refractivity contribution in [3.05, 3.63) is 30.1 Å². The highest BCUT2D eigenvalue weighted by Crippen LogP contribution is 2.29. The average Bonchev–Trinajstić information content (AvgIpc) is 3.29. The first-order valence-electron chi connectivity index (χ1n) is 7.37. The van der Waals surface area contributed by atoms with Gasteiger partial charge in [0.05, 0.1) is 12.8 Å². The zero-order chi connectivity index (χ0) is 12.9. The molecule has 0 bridgehead atoms. The Bertz CT molecular complexity index is 434. The summed E-state index contributed by atoms with van der Waals surface area (Å²) >= 11 is 0. The van der Waals surface area contributed by atoms with Crippen LogP contribution in [0.4, 0.5) is 0 Å². The average molecular weight is 258 g/mol. The maximum atomic E-state index is 5.75. The van der Waals surface area contributed by atoms with Crippen molar-refractivity contribution in [3.8, 4) is 5.75 Å². The van der Waals surface area contributed by atoms with Crippen LogP contribution in [0.3, 0.4) is 0 Å². The van der Waals surface area contributed by atoms with Gasteiger partial charge in [0, 0.05) is 12.7 Å². The van der Waals surface area contributed by atoms with E-state index in [1.54, 1.807) is 0 Å². The molecular weight excluding hydrogens is 236 g/mol. The van der Waals surface area contributed by atoms with Crippen LogP contribution in [0.25, 0.3) is 6.08 Å². The van der Waals surface area contributed by atoms with E-state index in [4.69, 9.17) is 4.74 Å². The van der Waals surface area contributed by atoms with Crippen molar-refractivity contribution in [2.45, 2.75) is 25.7 Å². The summed E-state index contributed by atoms with van der Waals surface area (Å²) in [6.07, 6.45) is 13.4. The van der Waals surface area contributed by atoms with Crippen LogP contribution >= 0.6 is 0 Å². The summed E-state index contributed by atoms with van der Waals surface area (Å²) in [5, 5.41) is 3.43. The van der Waals surface area contributed by atoms with Gasteiger partial charge in [-0.2, -0.15) is 0 Å². The molecule has 1 aliphatic carbocycles. The summed E-state index contributed by atoms with van der Waals surface area (Å²) in [6.45, 7) is 3.11. The van der Waals surface area contributed by atoms with Crippen molar-refractivity contribution in [1.29, 1.82) is 0 Å². The van der Waals surface area contributed by atoms with Crippen LogP contribution in [0, 0.1) is 11.8 Å². The van der Waals surface area contributed by atoms with Crippen LogP contribution in [-0.4, -0.2) is 24.7 Å². The first-order valence-corrected chi connectivity index (χ1v) is 7.37. The van der Waals surface area contributed by atoms with E-state index in [1.807, 2.05) is 12.4 Å². The molecule has 1 saturated heterocycles. The van der Waals surface area contributed by atoms with Gasteiger partial charge in [-0.3, -0.25) is 4.98 Å². The lowest BCUT2D eigenvalue weighted by molar-refractivity contribution is 0.298. The summed E-state index contributed by atoms with van der Waals surface area (Å²) in [5.41, 5.74) is 1.14. The zero-order valence-electron chi connectivity index (χ0n) is 11.3. The fourth-order valence-electron chi connectivity index (χ4n) is 2.39. The van der Waals surface area contributed by atoms with Crippen molar-refractivity contribution < 1.29 is 4.74 Å². The molecule has 0 spiro atoms. The van der Waals surface area contributed by atoms with Crippen LogP contribution < -0.4 is 10.1 Å². The number of ether oxygens (including phenoxy) is 1. The molecular formula is C16H22N2O. The Morgan fingerprint density at radius 2 is 2.26 bits per heavy atom. The van der Waals surface area contributed by atoms with Crippen LogP contribution in [0.5, 0.6) is 5.75 Å². The van der Waals surface area contributed by atoms with E-state index in [-0.39, 0.29) is 0 Å². The summed E-state index contributed by atoms with van der Waals surface area (Å²) in [6, 6.07) is 2.09. The molecule has 1 aromatic heterocycles. The molecule has 1 unspecified atom stereocenters. The van der Waals surface area contributed by atoms with Gasteiger partial charge >= 0.3 is 0 Å². The summed E-state index contributed by atoms with van der Waals surface area (Å²) in [7, 11) is 0. The largest absolute Gasteiger partial charge is 0.492 e. The highest BCUT2D eigenvalue weighted by molar-refractivity contribution is 5.50. The molecule has 3 heteroatoms. The predicted octanol–water partition coefficient (Wildman–Crippen LogP) is 2.88. The Morgan fingerprint density at radius 1 is 1.32 bits per heavy atom. The van der Waals surface area contributed by atoms with E-state index in [1.165, 1.54) is 25.7 Å². The number of hydrogen-bond acceptors (Lipinski definition) is 3. The van der Waals surface area contributed by atoms with Gasteiger partial charge in [0.25, 0.3) is 0 Å². The molecule has 1 aromatic rings. The molecule has 0 aromatic carbocycles. The third-order valence-corrected chi connectivity index (χ3v) is 3.81. The van der Waals surface area contributed by atoms with Crippen LogP contribution in [-0.2, 0) is 0 Å². The number of rotatable bonds is 5. The second kappa shape index (κ2) is 6.20. The van der Waals surface area contributed by atoms with E-state index >= 15 is 0 Å². The van der Waals surface area contributed by atoms with E-state index in [9.17, 15) is 0 Å². The third-order valence-electron chi connectivity index (χ3n) is 3.81. The lowest BCUT2D eigenvalue weighted by atomic mass is 9.98. The van der Waals surface area contributed by atoms with Crippen molar-refractivity contribution in [1.82, 2.24) is 10.3 Å². The molecule has 0 amide bonds. The topological polar surface area (TPSA) is 34.2 Å². The van der Waals surface area contributed by atoms with Gasteiger partial charge in [0.15, 0.2) is 0 Å². The normalized spacial score (nSPS) is 23.7. The van der Waals surface area contributed by atoms with Gasteiger partial charge in [-0.05, 0) is 55.7 Å². The SMILES string of the molecule is C(=C\C1CCCNC1)/c1cncc(OCC2CC2)c1. The van der Waals surface area contributed by atoms with Crippen molar-refractivity contribution in [2.24, 2.45) is 11.8 Å². The molecule has 2 aliphatic rings. The Morgan fingerprint density at radius 3 is 3.05 bits per heavy atom. The summed E-state index contributed by atoms with van der Waals surface area (Å²) in [5.74, 6) is 2.34. The Kier molecular flexibility index (Phi) is 4.13. The minimum Gasteiger partial charge on any atom is -0.492 e. The van der Waals surface area contributed by atoms with E-state index in [2.05, 4.69) is 28.5 Å². The molecule has 1 atom stereocenters. The summed E-state index contributed by atoms with van der Waals surface area (Å²) in [4.78, 5) is 4.25. The molecule has 3 nitrogen and oxygen atoms in total. The molecule has 102 valence electrons. The zero-order valence-corrected chi connectivity index (χ0v) is 11.3. The van der Waals surface area contributed by atoms with Crippen LogP contribution in [0.2, 0.25) is 0 Å². The van der Waals surface area contributed by atoms with Crippen molar-refractivity contribution in [2.75, 3.05) is 19.7 Å². The molecule has 2 heterocycles. The second-order valence-electron chi connectivity index (χ2n) is 5.67. The van der Waals surface area contributed by atoms with E-state index < -0.39 is 0 Å². The van der Waals surface area contributed by atoms with Crippen molar-refractivity contribution >= 4 is 6.08 Å². The number of pyridine rings is 1. The highest BCUT2D eigenvalue weighted by Gasteiger charge is 2.21. The van der Waals surface area contributed by atoms with Crippen molar-refractivity contribution in [3.63, 3.8) is 0 Å². The number of nitrogens with one attached hydrogen (secondary N) is 1. The lowest BCUT2D eigenvalue weighted by Crippen LogP contribution is -2.28. The van der Waals surface area contributed by atoms with Gasteiger partial charge < -0.3 is 10.1 Å². The quantitative estimate of drug-likeness (QED) is 0.882. The first kappa shape index (κ1) is 12.7. The van der Waals surface area contributed by atoms with Crippen LogP contribution in [0.15, 0.2) is 24.5 Å². The van der Waals surface area contributed by atoms with Gasteiger partial charge in [-0.1, -0.05) is 12.2 Å². The Labute approximate surface area is 115 Å². The van der Waals surface area contributed by atoms with Crippen LogP contribution in [0.1, 0.15) is 31.2 Å². The molecule has 2 fully saturated rings. The van der Waals surface area contributed by atoms with Gasteiger partial charge in [0.1, 0.15) is 5.75 Å². The second-order valence-corrected chi connectivity index (χ2v) is 5.67. The Hall–Kier alpha value is -1.35. The van der Waals surface area contributed by atoms with E-state index in [0.29, 0.717) is 5.92 Å². The van der Waals surface area contributed by atoms with Gasteiger partial charge in [0.2, 0.25) is 0 Å². The minimum absolute atomic E-state index is 0.657. The number of hydrogen-bond donors (Lipinski definition) is 1. The number of nitrogens with zero attached hydrogens (tertiary/aromatic N) is 1. The molecule has 0 radical (unpaired) electrons. The van der Waals surface area contributed by atoms with Gasteiger partial charge in [-0.15, -0.1) is 0 Å². The Balaban J connectivity index is 1.56. The number of aromatic nitrogens is 1.